The fraction of sp³-hybridized carbons (Fsp3) is 0.268. The number of hydrogen-bond donors (Lipinski definition) is 1. The van der Waals surface area contributed by atoms with Crippen molar-refractivity contribution in [3.63, 3.8) is 0 Å². The van der Waals surface area contributed by atoms with Crippen LogP contribution in [0.3, 0.4) is 0 Å². The summed E-state index contributed by atoms with van der Waals surface area (Å²) in [5.74, 6) is -4.96. The number of phenols is 1. The number of methoxy groups -OCH3 is 2. The normalized spacial score (nSPS) is 26.8. The van der Waals surface area contributed by atoms with Crippen molar-refractivity contribution < 1.29 is 33.8 Å². The van der Waals surface area contributed by atoms with Crippen molar-refractivity contribution in [2.45, 2.75) is 30.7 Å². The number of amides is 4. The van der Waals surface area contributed by atoms with Crippen LogP contribution in [0.25, 0.3) is 0 Å². The van der Waals surface area contributed by atoms with Crippen LogP contribution in [0, 0.1) is 23.7 Å². The molecule has 8 rings (SSSR count). The van der Waals surface area contributed by atoms with Crippen molar-refractivity contribution in [2.75, 3.05) is 19.1 Å². The van der Waals surface area contributed by atoms with Crippen LogP contribution in [-0.4, -0.2) is 47.9 Å². The third-order valence-corrected chi connectivity index (χ3v) is 11.5. The van der Waals surface area contributed by atoms with Crippen LogP contribution in [0.5, 0.6) is 17.2 Å². The number of allylic oxidation sites excluding steroid dienone is 2. The Bertz CT molecular complexity index is 2120. The number of fused-ring (bicyclic) bond motifs is 4. The minimum Gasteiger partial charge on any atom is -0.507 e. The van der Waals surface area contributed by atoms with Crippen LogP contribution in [0.15, 0.2) is 109 Å². The lowest BCUT2D eigenvalue weighted by atomic mass is 9.49. The number of carbonyl (C=O) groups excluding carboxylic acids is 4. The van der Waals surface area contributed by atoms with Crippen LogP contribution >= 0.6 is 11.6 Å². The number of phenolic OH excluding ortho intramolecular Hbond substituents is 1. The average molecular weight is 703 g/mol. The van der Waals surface area contributed by atoms with Gasteiger partial charge in [0.2, 0.25) is 23.6 Å². The van der Waals surface area contributed by atoms with Gasteiger partial charge in [-0.25, -0.2) is 4.90 Å². The molecular formula is C41H35ClN2O7. The molecule has 258 valence electrons. The quantitative estimate of drug-likeness (QED) is 0.175. The third-order valence-electron chi connectivity index (χ3n) is 11.3. The van der Waals surface area contributed by atoms with Crippen molar-refractivity contribution in [2.24, 2.45) is 23.7 Å². The molecule has 3 fully saturated rings. The van der Waals surface area contributed by atoms with E-state index < -0.39 is 46.8 Å². The van der Waals surface area contributed by atoms with Crippen LogP contribution in [0.1, 0.15) is 35.4 Å². The zero-order chi connectivity index (χ0) is 35.6. The first-order valence-electron chi connectivity index (χ1n) is 16.9. The molecule has 0 unspecified atom stereocenters. The molecule has 4 aromatic rings. The maximum Gasteiger partial charge on any atom is 0.246 e. The number of ether oxygens (including phenoxy) is 2. The maximum atomic E-state index is 15.4. The van der Waals surface area contributed by atoms with Crippen molar-refractivity contribution >= 4 is 40.9 Å². The molecule has 1 N–H and O–H groups in total. The topological polar surface area (TPSA) is 113 Å². The Morgan fingerprint density at radius 3 is 2.24 bits per heavy atom. The van der Waals surface area contributed by atoms with Gasteiger partial charge in [0, 0.05) is 28.6 Å². The minimum absolute atomic E-state index is 0.136. The number of imide groups is 2. The van der Waals surface area contributed by atoms with Gasteiger partial charge in [-0.1, -0.05) is 90.0 Å². The molecule has 6 atom stereocenters. The molecule has 0 bridgehead atoms. The maximum absolute atomic E-state index is 15.4. The molecule has 0 radical (unpaired) electrons. The largest absolute Gasteiger partial charge is 0.507 e. The van der Waals surface area contributed by atoms with Gasteiger partial charge < -0.3 is 14.6 Å². The van der Waals surface area contributed by atoms with Gasteiger partial charge in [-0.05, 0) is 48.1 Å². The summed E-state index contributed by atoms with van der Waals surface area (Å²) in [5.41, 5.74) is 1.19. The minimum atomic E-state index is -1.56. The number of nitrogens with zero attached hydrogens (tertiary/aromatic N) is 2. The Labute approximate surface area is 300 Å². The first-order chi connectivity index (χ1) is 24.7. The monoisotopic (exact) mass is 702 g/mol. The first-order valence-corrected chi connectivity index (χ1v) is 17.3. The molecule has 2 aliphatic heterocycles. The summed E-state index contributed by atoms with van der Waals surface area (Å²) >= 11 is 6.40. The third kappa shape index (κ3) is 4.82. The van der Waals surface area contributed by atoms with Gasteiger partial charge in [0.25, 0.3) is 0 Å². The van der Waals surface area contributed by atoms with Crippen LogP contribution in [0.2, 0.25) is 5.02 Å². The molecule has 2 saturated heterocycles. The molecule has 2 aliphatic carbocycles. The molecular weight excluding hydrogens is 668 g/mol. The Balaban J connectivity index is 1.37. The second-order valence-corrected chi connectivity index (χ2v) is 14.0. The molecule has 4 amide bonds. The summed E-state index contributed by atoms with van der Waals surface area (Å²) in [4.78, 5) is 61.3. The smallest absolute Gasteiger partial charge is 0.246 e. The predicted octanol–water partition coefficient (Wildman–Crippen LogP) is 6.43. The molecule has 0 aromatic heterocycles. The summed E-state index contributed by atoms with van der Waals surface area (Å²) in [6.45, 7) is 0.140. The van der Waals surface area contributed by atoms with Gasteiger partial charge in [0.05, 0.1) is 49.6 Å². The molecule has 4 aliphatic rings. The highest BCUT2D eigenvalue weighted by Gasteiger charge is 2.71. The van der Waals surface area contributed by atoms with E-state index in [0.29, 0.717) is 33.2 Å². The number of aromatic hydroxyl groups is 1. The van der Waals surface area contributed by atoms with E-state index >= 15 is 4.79 Å². The number of halogens is 1. The van der Waals surface area contributed by atoms with E-state index in [1.54, 1.807) is 30.3 Å². The van der Waals surface area contributed by atoms with E-state index in [1.165, 1.54) is 30.1 Å². The van der Waals surface area contributed by atoms with Gasteiger partial charge in [-0.3, -0.25) is 24.1 Å². The standard InChI is InChI=1S/C41H35ClN2O7/c1-50-27-19-32(45)35(33(20-27)51-2)36-28-16-17-29-34(39(48)43(37(29)46)22-23-10-5-3-6-11-23)30(28)21-31-38(47)44(26-15-9-14-25(42)18-26)40(49)41(31,36)24-12-7-4-8-13-24/h3-16,18-20,29-31,34,36,45H,17,21-22H2,1-2H3/t29-,30+,31-,34-,36+,41+/m0/s1. The average Bonchev–Trinajstić information content (AvgIpc) is 3.52. The Kier molecular flexibility index (Phi) is 7.98. The number of rotatable bonds is 7. The lowest BCUT2D eigenvalue weighted by Crippen LogP contribution is -2.53. The van der Waals surface area contributed by atoms with Gasteiger partial charge in [-0.15, -0.1) is 0 Å². The molecule has 1 saturated carbocycles. The molecule has 10 heteroatoms. The van der Waals surface area contributed by atoms with Crippen LogP contribution in [0.4, 0.5) is 5.69 Å². The Morgan fingerprint density at radius 1 is 0.824 bits per heavy atom. The molecule has 0 spiro atoms. The molecule has 9 nitrogen and oxygen atoms in total. The zero-order valence-corrected chi connectivity index (χ0v) is 28.7. The summed E-state index contributed by atoms with van der Waals surface area (Å²) in [7, 11) is 2.94. The van der Waals surface area contributed by atoms with E-state index in [4.69, 9.17) is 21.1 Å². The molecule has 51 heavy (non-hydrogen) atoms. The fourth-order valence-electron chi connectivity index (χ4n) is 9.21. The number of benzene rings is 4. The van der Waals surface area contributed by atoms with Crippen LogP contribution in [-0.2, 0) is 31.1 Å². The van der Waals surface area contributed by atoms with E-state index in [9.17, 15) is 19.5 Å². The lowest BCUT2D eigenvalue weighted by Gasteiger charge is -2.51. The first kappa shape index (κ1) is 32.8. The predicted molar refractivity (Wildman–Crippen MR) is 189 cm³/mol. The van der Waals surface area contributed by atoms with Crippen molar-refractivity contribution in [1.29, 1.82) is 0 Å². The van der Waals surface area contributed by atoms with Gasteiger partial charge in [0.1, 0.15) is 17.2 Å². The Hall–Kier alpha value is -5.41. The molecule has 4 aromatic carbocycles. The van der Waals surface area contributed by atoms with E-state index in [-0.39, 0.29) is 42.7 Å². The zero-order valence-electron chi connectivity index (χ0n) is 28.0. The Morgan fingerprint density at radius 2 is 1.55 bits per heavy atom. The van der Waals surface area contributed by atoms with Gasteiger partial charge >= 0.3 is 0 Å². The highest BCUT2D eigenvalue weighted by molar-refractivity contribution is 6.32. The fourth-order valence-corrected chi connectivity index (χ4v) is 9.39. The lowest BCUT2D eigenvalue weighted by molar-refractivity contribution is -0.141. The van der Waals surface area contributed by atoms with E-state index in [2.05, 4.69) is 0 Å². The SMILES string of the molecule is COc1cc(O)c([C@H]2C3=CC[C@@H]4C(=O)N(Cc5ccccc5)C(=O)[C@@H]4[C@@H]3C[C@H]3C(=O)N(c4cccc(Cl)c4)C(=O)[C@@]23c2ccccc2)c(OC)c1. The van der Waals surface area contributed by atoms with E-state index in [1.807, 2.05) is 66.7 Å². The van der Waals surface area contributed by atoms with Gasteiger partial charge in [0.15, 0.2) is 0 Å². The van der Waals surface area contributed by atoms with Crippen molar-refractivity contribution in [3.8, 4) is 17.2 Å². The second kappa shape index (κ2) is 12.4. The van der Waals surface area contributed by atoms with Gasteiger partial charge in [-0.2, -0.15) is 0 Å². The summed E-state index contributed by atoms with van der Waals surface area (Å²) < 4.78 is 11.4. The number of carbonyl (C=O) groups is 4. The second-order valence-electron chi connectivity index (χ2n) is 13.6. The highest BCUT2D eigenvalue weighted by atomic mass is 35.5. The van der Waals surface area contributed by atoms with Crippen LogP contribution < -0.4 is 14.4 Å². The molecule has 2 heterocycles. The summed E-state index contributed by atoms with van der Waals surface area (Å²) in [6.07, 6.45) is 2.35. The number of hydrogen-bond acceptors (Lipinski definition) is 7. The number of likely N-dealkylation sites (tertiary alicyclic amines) is 1. The summed E-state index contributed by atoms with van der Waals surface area (Å²) in [5, 5.41) is 12.2. The van der Waals surface area contributed by atoms with E-state index in [0.717, 1.165) is 5.56 Å². The van der Waals surface area contributed by atoms with Crippen molar-refractivity contribution in [1.82, 2.24) is 4.90 Å². The van der Waals surface area contributed by atoms with Crippen molar-refractivity contribution in [3.05, 3.63) is 130 Å². The highest BCUT2D eigenvalue weighted by Crippen LogP contribution is 2.66. The summed E-state index contributed by atoms with van der Waals surface area (Å²) in [6, 6.07) is 28.2. The number of anilines is 1.